The molecular weight excluding hydrogens is 424 g/mol. The standard InChI is InChI=1S/C21H30N2O5S2/c1-16-4-5-19(30(25,26)22-7-10-27-11-8-22)13-20(16)21(24)23(17-6-12-29-15-17)14-18-3-2-9-28-18/h4-5,13,17-18H,2-3,6-12,14-15H2,1H3. The second kappa shape index (κ2) is 9.56. The lowest BCUT2D eigenvalue weighted by Crippen LogP contribution is -2.45. The summed E-state index contributed by atoms with van der Waals surface area (Å²) in [6, 6.07) is 5.08. The van der Waals surface area contributed by atoms with Crippen molar-refractivity contribution in [3.63, 3.8) is 0 Å². The highest BCUT2D eigenvalue weighted by atomic mass is 32.2. The van der Waals surface area contributed by atoms with Crippen molar-refractivity contribution in [3.8, 4) is 0 Å². The summed E-state index contributed by atoms with van der Waals surface area (Å²) >= 11 is 1.86. The molecule has 30 heavy (non-hydrogen) atoms. The largest absolute Gasteiger partial charge is 0.379 e. The van der Waals surface area contributed by atoms with Gasteiger partial charge >= 0.3 is 0 Å². The highest BCUT2D eigenvalue weighted by molar-refractivity contribution is 7.99. The van der Waals surface area contributed by atoms with E-state index in [1.54, 1.807) is 18.2 Å². The minimum atomic E-state index is -3.65. The van der Waals surface area contributed by atoms with Crippen molar-refractivity contribution in [2.24, 2.45) is 0 Å². The molecule has 3 heterocycles. The molecule has 0 radical (unpaired) electrons. The Kier molecular flexibility index (Phi) is 7.04. The minimum absolute atomic E-state index is 0.0696. The third-order valence-corrected chi connectivity index (χ3v) is 9.12. The molecule has 0 N–H and O–H groups in total. The van der Waals surface area contributed by atoms with E-state index in [1.807, 2.05) is 23.6 Å². The van der Waals surface area contributed by atoms with Crippen LogP contribution in [-0.4, -0.2) is 86.6 Å². The maximum absolute atomic E-state index is 13.6. The Labute approximate surface area is 183 Å². The monoisotopic (exact) mass is 454 g/mol. The number of aryl methyl sites for hydroxylation is 1. The number of ether oxygens (including phenoxy) is 2. The van der Waals surface area contributed by atoms with E-state index in [0.717, 1.165) is 42.9 Å². The summed E-state index contributed by atoms with van der Waals surface area (Å²) in [6.45, 7) is 4.65. The summed E-state index contributed by atoms with van der Waals surface area (Å²) in [5.74, 6) is 1.88. The number of amides is 1. The molecule has 3 fully saturated rings. The van der Waals surface area contributed by atoms with E-state index in [4.69, 9.17) is 9.47 Å². The topological polar surface area (TPSA) is 76.2 Å². The molecule has 2 unspecified atom stereocenters. The van der Waals surface area contributed by atoms with Crippen LogP contribution >= 0.6 is 11.8 Å². The van der Waals surface area contributed by atoms with Gasteiger partial charge in [0.15, 0.2) is 0 Å². The summed E-state index contributed by atoms with van der Waals surface area (Å²) in [5.41, 5.74) is 1.27. The summed E-state index contributed by atoms with van der Waals surface area (Å²) in [6.07, 6.45) is 3.03. The molecule has 0 aliphatic carbocycles. The molecule has 0 spiro atoms. The molecule has 0 saturated carbocycles. The molecule has 166 valence electrons. The zero-order chi connectivity index (χ0) is 21.1. The van der Waals surface area contributed by atoms with Gasteiger partial charge in [0, 0.05) is 43.6 Å². The smallest absolute Gasteiger partial charge is 0.254 e. The van der Waals surface area contributed by atoms with Crippen LogP contribution in [0.25, 0.3) is 0 Å². The maximum Gasteiger partial charge on any atom is 0.254 e. The molecule has 0 aromatic heterocycles. The number of thioether (sulfide) groups is 1. The highest BCUT2D eigenvalue weighted by Gasteiger charge is 2.33. The zero-order valence-corrected chi connectivity index (χ0v) is 19.1. The molecule has 2 atom stereocenters. The van der Waals surface area contributed by atoms with Crippen LogP contribution in [0.5, 0.6) is 0 Å². The van der Waals surface area contributed by atoms with Gasteiger partial charge in [0.05, 0.1) is 24.2 Å². The SMILES string of the molecule is Cc1ccc(S(=O)(=O)N2CCOCC2)cc1C(=O)N(CC1CCCO1)C1CCSC1. The van der Waals surface area contributed by atoms with Gasteiger partial charge in [0.1, 0.15) is 0 Å². The molecule has 9 heteroatoms. The number of nitrogens with zero attached hydrogens (tertiary/aromatic N) is 2. The second-order valence-corrected chi connectivity index (χ2v) is 11.2. The predicted molar refractivity (Wildman–Crippen MR) is 116 cm³/mol. The first-order valence-corrected chi connectivity index (χ1v) is 13.2. The number of carbonyl (C=O) groups excluding carboxylic acids is 1. The predicted octanol–water partition coefficient (Wildman–Crippen LogP) is 2.14. The zero-order valence-electron chi connectivity index (χ0n) is 17.4. The Bertz CT molecular complexity index is 858. The lowest BCUT2D eigenvalue weighted by atomic mass is 10.1. The number of hydrogen-bond acceptors (Lipinski definition) is 6. The first kappa shape index (κ1) is 22.1. The van der Waals surface area contributed by atoms with Crippen molar-refractivity contribution >= 4 is 27.7 Å². The first-order chi connectivity index (χ1) is 14.5. The van der Waals surface area contributed by atoms with Gasteiger partial charge in [0.2, 0.25) is 10.0 Å². The van der Waals surface area contributed by atoms with Crippen molar-refractivity contribution < 1.29 is 22.7 Å². The van der Waals surface area contributed by atoms with Crippen LogP contribution in [0.3, 0.4) is 0 Å². The van der Waals surface area contributed by atoms with Gasteiger partial charge in [0.25, 0.3) is 5.91 Å². The molecule has 3 aliphatic heterocycles. The molecule has 1 amide bonds. The fourth-order valence-corrected chi connectivity index (χ4v) is 6.91. The Balaban J connectivity index is 1.61. The maximum atomic E-state index is 13.6. The lowest BCUT2D eigenvalue weighted by Gasteiger charge is -2.31. The Morgan fingerprint density at radius 2 is 2.03 bits per heavy atom. The number of benzene rings is 1. The van der Waals surface area contributed by atoms with E-state index in [-0.39, 0.29) is 22.9 Å². The van der Waals surface area contributed by atoms with Crippen molar-refractivity contribution in [1.29, 1.82) is 0 Å². The van der Waals surface area contributed by atoms with Gasteiger partial charge in [-0.25, -0.2) is 8.42 Å². The highest BCUT2D eigenvalue weighted by Crippen LogP contribution is 2.28. The Morgan fingerprint density at radius 1 is 1.23 bits per heavy atom. The van der Waals surface area contributed by atoms with E-state index in [2.05, 4.69) is 0 Å². The van der Waals surface area contributed by atoms with Crippen LogP contribution in [-0.2, 0) is 19.5 Å². The lowest BCUT2D eigenvalue weighted by molar-refractivity contribution is 0.0441. The van der Waals surface area contributed by atoms with E-state index in [1.165, 1.54) is 4.31 Å². The van der Waals surface area contributed by atoms with E-state index < -0.39 is 10.0 Å². The fourth-order valence-electron chi connectivity index (χ4n) is 4.26. The third kappa shape index (κ3) is 4.70. The van der Waals surface area contributed by atoms with Crippen molar-refractivity contribution in [2.75, 3.05) is 51.0 Å². The van der Waals surface area contributed by atoms with Gasteiger partial charge < -0.3 is 14.4 Å². The average molecular weight is 455 g/mol. The third-order valence-electron chi connectivity index (χ3n) is 6.08. The Morgan fingerprint density at radius 3 is 2.70 bits per heavy atom. The molecule has 3 saturated heterocycles. The Hall–Kier alpha value is -1.13. The molecular formula is C21H30N2O5S2. The van der Waals surface area contributed by atoms with Gasteiger partial charge in [-0.15, -0.1) is 0 Å². The number of hydrogen-bond donors (Lipinski definition) is 0. The van der Waals surface area contributed by atoms with E-state index in [9.17, 15) is 13.2 Å². The molecule has 1 aromatic carbocycles. The van der Waals surface area contributed by atoms with Crippen LogP contribution in [0.2, 0.25) is 0 Å². The summed E-state index contributed by atoms with van der Waals surface area (Å²) in [7, 11) is -3.65. The van der Waals surface area contributed by atoms with Crippen LogP contribution in [0.4, 0.5) is 0 Å². The van der Waals surface area contributed by atoms with E-state index in [0.29, 0.717) is 38.4 Å². The minimum Gasteiger partial charge on any atom is -0.379 e. The number of sulfonamides is 1. The van der Waals surface area contributed by atoms with Crippen molar-refractivity contribution in [1.82, 2.24) is 9.21 Å². The van der Waals surface area contributed by atoms with Crippen LogP contribution in [0.15, 0.2) is 23.1 Å². The summed E-state index contributed by atoms with van der Waals surface area (Å²) < 4.78 is 38.7. The summed E-state index contributed by atoms with van der Waals surface area (Å²) in [4.78, 5) is 15.7. The van der Waals surface area contributed by atoms with Gasteiger partial charge in [-0.1, -0.05) is 6.07 Å². The molecule has 0 bridgehead atoms. The number of carbonyl (C=O) groups is 1. The van der Waals surface area contributed by atoms with E-state index >= 15 is 0 Å². The fraction of sp³-hybridized carbons (Fsp3) is 0.667. The molecule has 7 nitrogen and oxygen atoms in total. The van der Waals surface area contributed by atoms with Crippen LogP contribution in [0, 0.1) is 6.92 Å². The first-order valence-electron chi connectivity index (χ1n) is 10.7. The molecule has 4 rings (SSSR count). The van der Waals surface area contributed by atoms with Gasteiger partial charge in [-0.3, -0.25) is 4.79 Å². The quantitative estimate of drug-likeness (QED) is 0.656. The summed E-state index contributed by atoms with van der Waals surface area (Å²) in [5, 5.41) is 0. The van der Waals surface area contributed by atoms with Crippen LogP contribution in [0.1, 0.15) is 35.2 Å². The van der Waals surface area contributed by atoms with Gasteiger partial charge in [-0.2, -0.15) is 16.1 Å². The number of morpholine rings is 1. The second-order valence-electron chi connectivity index (χ2n) is 8.10. The number of rotatable bonds is 6. The van der Waals surface area contributed by atoms with Gasteiger partial charge in [-0.05, 0) is 49.6 Å². The average Bonchev–Trinajstić information content (AvgIpc) is 3.46. The molecule has 1 aromatic rings. The normalized spacial score (nSPS) is 25.5. The van der Waals surface area contributed by atoms with Crippen LogP contribution < -0.4 is 0 Å². The molecule has 3 aliphatic rings. The van der Waals surface area contributed by atoms with Crippen molar-refractivity contribution in [3.05, 3.63) is 29.3 Å². The van der Waals surface area contributed by atoms with Crippen molar-refractivity contribution in [2.45, 2.75) is 43.2 Å².